The summed E-state index contributed by atoms with van der Waals surface area (Å²) in [6.07, 6.45) is 2.29. The first-order valence-corrected chi connectivity index (χ1v) is 5.90. The van der Waals surface area contributed by atoms with E-state index in [0.29, 0.717) is 18.7 Å². The molecular weight excluding hydrogens is 234 g/mol. The summed E-state index contributed by atoms with van der Waals surface area (Å²) < 4.78 is 9.83. The molecule has 1 heterocycles. The van der Waals surface area contributed by atoms with Crippen LogP contribution >= 0.6 is 0 Å². The summed E-state index contributed by atoms with van der Waals surface area (Å²) >= 11 is 0. The van der Waals surface area contributed by atoms with Crippen LogP contribution in [0.2, 0.25) is 0 Å². The molecular formula is C13H19NO4. The first kappa shape index (κ1) is 14.4. The summed E-state index contributed by atoms with van der Waals surface area (Å²) in [5, 5.41) is 2.74. The second-order valence-electron chi connectivity index (χ2n) is 4.21. The molecule has 2 atom stereocenters. The average molecular weight is 253 g/mol. The summed E-state index contributed by atoms with van der Waals surface area (Å²) in [6.45, 7) is 9.83. The highest BCUT2D eigenvalue weighted by Crippen LogP contribution is 2.26. The van der Waals surface area contributed by atoms with Gasteiger partial charge in [0.2, 0.25) is 5.91 Å². The number of ether oxygens (including phenoxy) is 2. The lowest BCUT2D eigenvalue weighted by molar-refractivity contribution is -0.151. The van der Waals surface area contributed by atoms with E-state index in [1.165, 1.54) is 0 Å². The number of esters is 1. The van der Waals surface area contributed by atoms with Gasteiger partial charge in [0.05, 0.1) is 6.61 Å². The molecule has 0 bridgehead atoms. The summed E-state index contributed by atoms with van der Waals surface area (Å²) in [6, 6.07) is 0. The van der Waals surface area contributed by atoms with Gasteiger partial charge in [-0.1, -0.05) is 19.6 Å². The fraction of sp³-hybridized carbons (Fsp3) is 0.538. The maximum atomic E-state index is 11.7. The molecule has 0 aromatic carbocycles. The van der Waals surface area contributed by atoms with Crippen molar-refractivity contribution >= 4 is 11.9 Å². The summed E-state index contributed by atoms with van der Waals surface area (Å²) in [5.41, 5.74) is 0.305. The van der Waals surface area contributed by atoms with Crippen LogP contribution < -0.4 is 5.32 Å². The van der Waals surface area contributed by atoms with Crippen LogP contribution in [0, 0.1) is 11.8 Å². The number of nitrogens with one attached hydrogen (secondary N) is 1. The number of hydrogen-bond acceptors (Lipinski definition) is 4. The highest BCUT2D eigenvalue weighted by atomic mass is 16.7. The quantitative estimate of drug-likeness (QED) is 0.242. The van der Waals surface area contributed by atoms with Crippen molar-refractivity contribution in [2.24, 2.45) is 11.8 Å². The minimum atomic E-state index is -0.522. The predicted molar refractivity (Wildman–Crippen MR) is 66.5 cm³/mol. The van der Waals surface area contributed by atoms with Gasteiger partial charge in [-0.15, -0.1) is 6.58 Å². The van der Waals surface area contributed by atoms with Gasteiger partial charge in [0.1, 0.15) is 0 Å². The molecule has 0 saturated carbocycles. The predicted octanol–water partition coefficient (Wildman–Crippen LogP) is 1.02. The van der Waals surface area contributed by atoms with E-state index < -0.39 is 5.97 Å². The van der Waals surface area contributed by atoms with Crippen molar-refractivity contribution in [2.45, 2.75) is 13.3 Å². The maximum Gasteiger partial charge on any atom is 0.335 e. The van der Waals surface area contributed by atoms with Gasteiger partial charge < -0.3 is 14.8 Å². The van der Waals surface area contributed by atoms with Crippen LogP contribution in [0.3, 0.4) is 0 Å². The third-order valence-corrected chi connectivity index (χ3v) is 3.02. The number of carbonyl (C=O) groups excluding carboxylic acids is 2. The van der Waals surface area contributed by atoms with E-state index in [0.717, 1.165) is 6.42 Å². The van der Waals surface area contributed by atoms with Crippen LogP contribution in [0.5, 0.6) is 0 Å². The van der Waals surface area contributed by atoms with Crippen molar-refractivity contribution in [3.63, 3.8) is 0 Å². The Hall–Kier alpha value is -1.62. The molecule has 1 aliphatic rings. The van der Waals surface area contributed by atoms with E-state index >= 15 is 0 Å². The highest BCUT2D eigenvalue weighted by Gasteiger charge is 2.33. The van der Waals surface area contributed by atoms with Crippen LogP contribution in [0.1, 0.15) is 13.3 Å². The lowest BCUT2D eigenvalue weighted by Crippen LogP contribution is -2.27. The minimum absolute atomic E-state index is 0.0284. The van der Waals surface area contributed by atoms with Gasteiger partial charge in [0.25, 0.3) is 0 Å². The average Bonchev–Trinajstić information content (AvgIpc) is 2.78. The van der Waals surface area contributed by atoms with Crippen molar-refractivity contribution < 1.29 is 19.1 Å². The molecule has 1 aliphatic heterocycles. The van der Waals surface area contributed by atoms with Gasteiger partial charge in [-0.05, 0) is 12.3 Å². The van der Waals surface area contributed by atoms with E-state index in [-0.39, 0.29) is 24.5 Å². The lowest BCUT2D eigenvalue weighted by atomic mass is 9.87. The first-order valence-electron chi connectivity index (χ1n) is 5.90. The Bertz CT molecular complexity index is 351. The Morgan fingerprint density at radius 3 is 2.94 bits per heavy atom. The minimum Gasteiger partial charge on any atom is -0.435 e. The van der Waals surface area contributed by atoms with Crippen LogP contribution in [-0.4, -0.2) is 31.8 Å². The van der Waals surface area contributed by atoms with E-state index in [1.807, 2.05) is 6.92 Å². The van der Waals surface area contributed by atoms with Crippen molar-refractivity contribution in [3.05, 3.63) is 24.8 Å². The monoisotopic (exact) mass is 253 g/mol. The summed E-state index contributed by atoms with van der Waals surface area (Å²) in [7, 11) is 0. The Labute approximate surface area is 107 Å². The van der Waals surface area contributed by atoms with E-state index in [2.05, 4.69) is 18.5 Å². The summed E-state index contributed by atoms with van der Waals surface area (Å²) in [5.74, 6) is -0.968. The molecule has 1 N–H and O–H groups in total. The van der Waals surface area contributed by atoms with Crippen LogP contribution in [-0.2, 0) is 19.1 Å². The van der Waals surface area contributed by atoms with E-state index in [4.69, 9.17) is 9.47 Å². The molecule has 1 amide bonds. The standard InChI is InChI=1S/C13H19NO4/c1-4-7-17-8-18-13(16)10(3)9(2)11-5-6-14-12(11)15/h4,9,11H,1,3,5-8H2,2H3,(H,14,15). The molecule has 100 valence electrons. The molecule has 5 heteroatoms. The number of carbonyl (C=O) groups is 2. The lowest BCUT2D eigenvalue weighted by Gasteiger charge is -2.18. The molecule has 1 fully saturated rings. The smallest absolute Gasteiger partial charge is 0.335 e. The second kappa shape index (κ2) is 6.96. The van der Waals surface area contributed by atoms with Crippen LogP contribution in [0.15, 0.2) is 24.8 Å². The van der Waals surface area contributed by atoms with Crippen molar-refractivity contribution in [2.75, 3.05) is 19.9 Å². The summed E-state index contributed by atoms with van der Waals surface area (Å²) in [4.78, 5) is 23.2. The first-order chi connectivity index (χ1) is 8.57. The molecule has 0 aromatic rings. The van der Waals surface area contributed by atoms with Crippen LogP contribution in [0.4, 0.5) is 0 Å². The zero-order valence-electron chi connectivity index (χ0n) is 10.6. The van der Waals surface area contributed by atoms with Crippen molar-refractivity contribution in [3.8, 4) is 0 Å². The van der Waals surface area contributed by atoms with Gasteiger partial charge in [-0.25, -0.2) is 4.79 Å². The number of rotatable bonds is 7. The van der Waals surface area contributed by atoms with E-state index in [1.54, 1.807) is 6.08 Å². The molecule has 2 unspecified atom stereocenters. The topological polar surface area (TPSA) is 64.6 Å². The number of amides is 1. The molecule has 0 aromatic heterocycles. The molecule has 1 saturated heterocycles. The van der Waals surface area contributed by atoms with Gasteiger partial charge in [0.15, 0.2) is 6.79 Å². The zero-order valence-corrected chi connectivity index (χ0v) is 10.6. The SMILES string of the molecule is C=CCOCOC(=O)C(=C)C(C)C1CCNC1=O. The zero-order chi connectivity index (χ0) is 13.5. The Balaban J connectivity index is 2.40. The van der Waals surface area contributed by atoms with Crippen molar-refractivity contribution in [1.29, 1.82) is 0 Å². The third-order valence-electron chi connectivity index (χ3n) is 3.02. The normalized spacial score (nSPS) is 20.1. The second-order valence-corrected chi connectivity index (χ2v) is 4.21. The Morgan fingerprint density at radius 2 is 2.39 bits per heavy atom. The van der Waals surface area contributed by atoms with Gasteiger partial charge >= 0.3 is 5.97 Å². The fourth-order valence-electron chi connectivity index (χ4n) is 1.84. The molecule has 1 rings (SSSR count). The molecule has 5 nitrogen and oxygen atoms in total. The molecule has 18 heavy (non-hydrogen) atoms. The molecule has 0 aliphatic carbocycles. The highest BCUT2D eigenvalue weighted by molar-refractivity contribution is 5.90. The van der Waals surface area contributed by atoms with E-state index in [9.17, 15) is 9.59 Å². The molecule has 0 spiro atoms. The maximum absolute atomic E-state index is 11.7. The van der Waals surface area contributed by atoms with Crippen molar-refractivity contribution in [1.82, 2.24) is 5.32 Å². The van der Waals surface area contributed by atoms with Gasteiger partial charge in [0, 0.05) is 18.0 Å². The Morgan fingerprint density at radius 1 is 1.67 bits per heavy atom. The van der Waals surface area contributed by atoms with Gasteiger partial charge in [-0.2, -0.15) is 0 Å². The number of hydrogen-bond donors (Lipinski definition) is 1. The Kier molecular flexibility index (Phi) is 5.58. The largest absolute Gasteiger partial charge is 0.435 e. The van der Waals surface area contributed by atoms with Gasteiger partial charge in [-0.3, -0.25) is 4.79 Å². The van der Waals surface area contributed by atoms with Crippen LogP contribution in [0.25, 0.3) is 0 Å². The third kappa shape index (κ3) is 3.70. The fourth-order valence-corrected chi connectivity index (χ4v) is 1.84. The molecule has 0 radical (unpaired) electrons.